The molecular formula is C7H9ClOS. The lowest BCUT2D eigenvalue weighted by atomic mass is 10.3. The highest BCUT2D eigenvalue weighted by molar-refractivity contribution is 7.16. The van der Waals surface area contributed by atoms with Crippen molar-refractivity contribution in [2.75, 3.05) is 7.11 Å². The summed E-state index contributed by atoms with van der Waals surface area (Å²) in [4.78, 5) is 1.23. The molecule has 0 N–H and O–H groups in total. The maximum absolute atomic E-state index is 5.86. The largest absolute Gasteiger partial charge is 0.380 e. The van der Waals surface area contributed by atoms with Gasteiger partial charge < -0.3 is 4.74 Å². The third-order valence-electron chi connectivity index (χ3n) is 1.18. The van der Waals surface area contributed by atoms with Crippen molar-refractivity contribution in [3.63, 3.8) is 0 Å². The summed E-state index contributed by atoms with van der Waals surface area (Å²) >= 11 is 7.46. The van der Waals surface area contributed by atoms with Gasteiger partial charge in [0.1, 0.15) is 0 Å². The Bertz CT molecular complexity index is 219. The molecule has 0 bridgehead atoms. The summed E-state index contributed by atoms with van der Waals surface area (Å²) in [5, 5.41) is 0. The highest BCUT2D eigenvalue weighted by Crippen LogP contribution is 2.27. The molecule has 0 atom stereocenters. The van der Waals surface area contributed by atoms with Crippen molar-refractivity contribution in [2.24, 2.45) is 0 Å². The highest BCUT2D eigenvalue weighted by Gasteiger charge is 2.02. The second-order valence-corrected chi connectivity index (χ2v) is 3.95. The Hall–Kier alpha value is -0.0500. The monoisotopic (exact) mass is 176 g/mol. The molecule has 0 unspecified atom stereocenters. The molecule has 0 fully saturated rings. The van der Waals surface area contributed by atoms with Crippen LogP contribution in [0, 0.1) is 6.92 Å². The Balaban J connectivity index is 2.81. The van der Waals surface area contributed by atoms with Crippen molar-refractivity contribution >= 4 is 22.9 Å². The Morgan fingerprint density at radius 3 is 2.80 bits per heavy atom. The van der Waals surface area contributed by atoms with Gasteiger partial charge >= 0.3 is 0 Å². The summed E-state index contributed by atoms with van der Waals surface area (Å²) in [6, 6.07) is 2.05. The molecule has 0 aliphatic carbocycles. The summed E-state index contributed by atoms with van der Waals surface area (Å²) in [6.45, 7) is 2.65. The van der Waals surface area contributed by atoms with Gasteiger partial charge in [0.05, 0.1) is 10.9 Å². The van der Waals surface area contributed by atoms with E-state index in [1.165, 1.54) is 4.88 Å². The minimum atomic E-state index is 0.614. The topological polar surface area (TPSA) is 9.23 Å². The molecule has 1 aromatic heterocycles. The van der Waals surface area contributed by atoms with Gasteiger partial charge in [0, 0.05) is 17.6 Å². The van der Waals surface area contributed by atoms with Gasteiger partial charge in [0.25, 0.3) is 0 Å². The minimum Gasteiger partial charge on any atom is -0.380 e. The summed E-state index contributed by atoms with van der Waals surface area (Å²) < 4.78 is 5.79. The Kier molecular flexibility index (Phi) is 2.72. The third-order valence-corrected chi connectivity index (χ3v) is 2.54. The molecule has 0 radical (unpaired) electrons. The van der Waals surface area contributed by atoms with Crippen LogP contribution in [0.2, 0.25) is 4.34 Å². The van der Waals surface area contributed by atoms with Crippen molar-refractivity contribution in [3.8, 4) is 0 Å². The maximum Gasteiger partial charge on any atom is 0.0986 e. The van der Waals surface area contributed by atoms with Gasteiger partial charge in [-0.25, -0.2) is 0 Å². The molecule has 56 valence electrons. The lowest BCUT2D eigenvalue weighted by molar-refractivity contribution is 0.185. The molecule has 1 rings (SSSR count). The van der Waals surface area contributed by atoms with Crippen LogP contribution in [-0.2, 0) is 11.3 Å². The van der Waals surface area contributed by atoms with Crippen molar-refractivity contribution in [1.29, 1.82) is 0 Å². The van der Waals surface area contributed by atoms with Crippen molar-refractivity contribution < 1.29 is 4.74 Å². The van der Waals surface area contributed by atoms with Crippen LogP contribution in [0.4, 0.5) is 0 Å². The van der Waals surface area contributed by atoms with Crippen LogP contribution in [0.1, 0.15) is 10.4 Å². The second kappa shape index (κ2) is 3.37. The maximum atomic E-state index is 5.86. The number of ether oxygens (including phenoxy) is 1. The van der Waals surface area contributed by atoms with Crippen LogP contribution in [0.3, 0.4) is 0 Å². The lowest BCUT2D eigenvalue weighted by Gasteiger charge is -1.92. The summed E-state index contributed by atoms with van der Waals surface area (Å²) in [7, 11) is 1.67. The molecule has 1 heterocycles. The van der Waals surface area contributed by atoms with Crippen LogP contribution < -0.4 is 0 Å². The van der Waals surface area contributed by atoms with Crippen LogP contribution in [0.15, 0.2) is 6.07 Å². The Morgan fingerprint density at radius 1 is 1.70 bits per heavy atom. The van der Waals surface area contributed by atoms with E-state index in [9.17, 15) is 0 Å². The molecule has 0 amide bonds. The van der Waals surface area contributed by atoms with Crippen LogP contribution in [0.25, 0.3) is 0 Å². The SMILES string of the molecule is COCc1cc(C)sc1Cl. The standard InChI is InChI=1S/C7H9ClOS/c1-5-3-6(4-9-2)7(8)10-5/h3H,4H2,1-2H3. The first-order valence-electron chi connectivity index (χ1n) is 2.98. The zero-order valence-corrected chi connectivity index (χ0v) is 7.55. The zero-order valence-electron chi connectivity index (χ0n) is 5.98. The predicted molar refractivity (Wildman–Crippen MR) is 44.8 cm³/mol. The summed E-state index contributed by atoms with van der Waals surface area (Å²) in [5.41, 5.74) is 1.09. The van der Waals surface area contributed by atoms with E-state index in [1.54, 1.807) is 18.4 Å². The van der Waals surface area contributed by atoms with E-state index in [-0.39, 0.29) is 0 Å². The van der Waals surface area contributed by atoms with Gasteiger partial charge in [-0.2, -0.15) is 0 Å². The molecule has 0 spiro atoms. The zero-order chi connectivity index (χ0) is 7.56. The fourth-order valence-electron chi connectivity index (χ4n) is 0.792. The molecule has 3 heteroatoms. The van der Waals surface area contributed by atoms with E-state index in [2.05, 4.69) is 6.07 Å². The van der Waals surface area contributed by atoms with Crippen LogP contribution >= 0.6 is 22.9 Å². The summed E-state index contributed by atoms with van der Waals surface area (Å²) in [6.07, 6.45) is 0. The number of hydrogen-bond donors (Lipinski definition) is 0. The third kappa shape index (κ3) is 1.72. The molecule has 10 heavy (non-hydrogen) atoms. The first kappa shape index (κ1) is 8.05. The van der Waals surface area contributed by atoms with Crippen molar-refractivity contribution in [2.45, 2.75) is 13.5 Å². The van der Waals surface area contributed by atoms with Gasteiger partial charge in [0.2, 0.25) is 0 Å². The first-order valence-corrected chi connectivity index (χ1v) is 4.17. The number of methoxy groups -OCH3 is 1. The van der Waals surface area contributed by atoms with E-state index in [0.29, 0.717) is 6.61 Å². The Labute approximate surface area is 69.6 Å². The number of hydrogen-bond acceptors (Lipinski definition) is 2. The molecule has 0 aromatic carbocycles. The smallest absolute Gasteiger partial charge is 0.0986 e. The fourth-order valence-corrected chi connectivity index (χ4v) is 2.00. The van der Waals surface area contributed by atoms with Crippen LogP contribution in [0.5, 0.6) is 0 Å². The molecule has 0 aliphatic heterocycles. The normalized spacial score (nSPS) is 10.3. The van der Waals surface area contributed by atoms with E-state index in [4.69, 9.17) is 16.3 Å². The van der Waals surface area contributed by atoms with E-state index >= 15 is 0 Å². The van der Waals surface area contributed by atoms with Gasteiger partial charge in [-0.3, -0.25) is 0 Å². The van der Waals surface area contributed by atoms with Gasteiger partial charge in [-0.1, -0.05) is 11.6 Å². The highest BCUT2D eigenvalue weighted by atomic mass is 35.5. The van der Waals surface area contributed by atoms with Crippen molar-refractivity contribution in [1.82, 2.24) is 0 Å². The Morgan fingerprint density at radius 2 is 2.40 bits per heavy atom. The number of thiophene rings is 1. The molecule has 0 saturated carbocycles. The first-order chi connectivity index (χ1) is 4.74. The average molecular weight is 177 g/mol. The van der Waals surface area contributed by atoms with E-state index in [1.807, 2.05) is 6.92 Å². The molecule has 0 aliphatic rings. The fraction of sp³-hybridized carbons (Fsp3) is 0.429. The average Bonchev–Trinajstić information content (AvgIpc) is 2.13. The number of aryl methyl sites for hydroxylation is 1. The summed E-state index contributed by atoms with van der Waals surface area (Å²) in [5.74, 6) is 0. The lowest BCUT2D eigenvalue weighted by Crippen LogP contribution is -1.83. The predicted octanol–water partition coefficient (Wildman–Crippen LogP) is 2.86. The van der Waals surface area contributed by atoms with Crippen molar-refractivity contribution in [3.05, 3.63) is 20.8 Å². The second-order valence-electron chi connectivity index (χ2n) is 2.09. The van der Waals surface area contributed by atoms with E-state index < -0.39 is 0 Å². The van der Waals surface area contributed by atoms with E-state index in [0.717, 1.165) is 9.90 Å². The van der Waals surface area contributed by atoms with Crippen LogP contribution in [-0.4, -0.2) is 7.11 Å². The molecule has 0 saturated heterocycles. The minimum absolute atomic E-state index is 0.614. The van der Waals surface area contributed by atoms with Gasteiger partial charge in [-0.15, -0.1) is 11.3 Å². The number of rotatable bonds is 2. The molecule has 1 nitrogen and oxygen atoms in total. The molecular weight excluding hydrogens is 168 g/mol. The number of halogens is 1. The van der Waals surface area contributed by atoms with Gasteiger partial charge in [0.15, 0.2) is 0 Å². The van der Waals surface area contributed by atoms with Gasteiger partial charge in [-0.05, 0) is 13.0 Å². The quantitative estimate of drug-likeness (QED) is 0.674. The molecule has 1 aromatic rings.